The lowest BCUT2D eigenvalue weighted by molar-refractivity contribution is -0.135. The van der Waals surface area contributed by atoms with Gasteiger partial charge in [-0.3, -0.25) is 19.3 Å². The molecule has 0 aromatic heterocycles. The Morgan fingerprint density at radius 3 is 2.39 bits per heavy atom. The number of ether oxygens (including phenoxy) is 2. The van der Waals surface area contributed by atoms with Crippen LogP contribution in [0.15, 0.2) is 23.1 Å². The number of hydrogen-bond donors (Lipinski definition) is 0. The molecule has 0 saturated carbocycles. The van der Waals surface area contributed by atoms with Gasteiger partial charge in [-0.05, 0) is 36.7 Å². The largest absolute Gasteiger partial charge is 0.493 e. The van der Waals surface area contributed by atoms with Crippen LogP contribution in [0, 0.1) is 0 Å². The lowest BCUT2D eigenvalue weighted by Crippen LogP contribution is -2.42. The van der Waals surface area contributed by atoms with Gasteiger partial charge in [0, 0.05) is 18.7 Å². The Labute approximate surface area is 169 Å². The Kier molecular flexibility index (Phi) is 7.92. The number of carbonyl (C=O) groups excluding carboxylic acids is 3. The molecule has 1 aliphatic heterocycles. The molecule has 1 aromatic carbocycles. The van der Waals surface area contributed by atoms with Gasteiger partial charge in [0.2, 0.25) is 5.91 Å². The van der Waals surface area contributed by atoms with Crippen LogP contribution >= 0.6 is 11.8 Å². The van der Waals surface area contributed by atoms with Crippen molar-refractivity contribution in [3.63, 3.8) is 0 Å². The van der Waals surface area contributed by atoms with Crippen LogP contribution in [0.3, 0.4) is 0 Å². The molecule has 28 heavy (non-hydrogen) atoms. The molecule has 0 N–H and O–H groups in total. The number of rotatable bonds is 9. The third-order valence-electron chi connectivity index (χ3n) is 4.23. The van der Waals surface area contributed by atoms with Gasteiger partial charge in [0.25, 0.3) is 11.1 Å². The van der Waals surface area contributed by atoms with Crippen LogP contribution in [-0.2, 0) is 9.59 Å². The van der Waals surface area contributed by atoms with Crippen LogP contribution < -0.4 is 9.47 Å². The van der Waals surface area contributed by atoms with Crippen LogP contribution in [0.25, 0.3) is 6.08 Å². The summed E-state index contributed by atoms with van der Waals surface area (Å²) in [4.78, 5) is 40.5. The maximum Gasteiger partial charge on any atom is 0.294 e. The van der Waals surface area contributed by atoms with E-state index in [9.17, 15) is 14.4 Å². The number of benzene rings is 1. The maximum atomic E-state index is 12.7. The molecule has 3 amide bonds. The van der Waals surface area contributed by atoms with Gasteiger partial charge in [0.1, 0.15) is 6.54 Å². The lowest BCUT2D eigenvalue weighted by Gasteiger charge is -2.23. The van der Waals surface area contributed by atoms with E-state index in [-0.39, 0.29) is 17.4 Å². The molecule has 7 nitrogen and oxygen atoms in total. The fourth-order valence-corrected chi connectivity index (χ4v) is 3.77. The summed E-state index contributed by atoms with van der Waals surface area (Å²) in [5.74, 6) is 0.317. The van der Waals surface area contributed by atoms with E-state index in [1.165, 1.54) is 14.2 Å². The highest BCUT2D eigenvalue weighted by Crippen LogP contribution is 2.37. The van der Waals surface area contributed by atoms with Crippen molar-refractivity contribution in [2.75, 3.05) is 33.9 Å². The fourth-order valence-electron chi connectivity index (χ4n) is 2.94. The van der Waals surface area contributed by atoms with Crippen LogP contribution in [-0.4, -0.2) is 60.7 Å². The molecule has 1 fully saturated rings. The van der Waals surface area contributed by atoms with E-state index < -0.39 is 11.1 Å². The Balaban J connectivity index is 2.22. The van der Waals surface area contributed by atoms with Crippen LogP contribution in [0.4, 0.5) is 4.79 Å². The second-order valence-corrected chi connectivity index (χ2v) is 7.22. The molecule has 0 unspecified atom stereocenters. The summed E-state index contributed by atoms with van der Waals surface area (Å²) in [5.41, 5.74) is 0.622. The number of hydrogen-bond acceptors (Lipinski definition) is 6. The first kappa shape index (κ1) is 21.8. The van der Waals surface area contributed by atoms with Gasteiger partial charge in [0.15, 0.2) is 11.5 Å². The zero-order valence-electron chi connectivity index (χ0n) is 16.7. The molecule has 2 rings (SSSR count). The quantitative estimate of drug-likeness (QED) is 0.585. The van der Waals surface area contributed by atoms with Crippen molar-refractivity contribution in [2.24, 2.45) is 0 Å². The molecule has 1 aromatic rings. The predicted octanol–water partition coefficient (Wildman–Crippen LogP) is 3.39. The summed E-state index contributed by atoms with van der Waals surface area (Å²) < 4.78 is 10.6. The van der Waals surface area contributed by atoms with Crippen LogP contribution in [0.1, 0.15) is 32.3 Å². The van der Waals surface area contributed by atoms with E-state index >= 15 is 0 Å². The van der Waals surface area contributed by atoms with E-state index in [1.54, 1.807) is 29.2 Å². The first-order chi connectivity index (χ1) is 13.5. The van der Waals surface area contributed by atoms with Crippen molar-refractivity contribution in [3.8, 4) is 11.5 Å². The van der Waals surface area contributed by atoms with Gasteiger partial charge in [-0.1, -0.05) is 26.0 Å². The Morgan fingerprint density at radius 2 is 1.82 bits per heavy atom. The second-order valence-electron chi connectivity index (χ2n) is 6.23. The van der Waals surface area contributed by atoms with E-state index in [0.717, 1.165) is 29.5 Å². The Morgan fingerprint density at radius 1 is 1.14 bits per heavy atom. The molecule has 0 bridgehead atoms. The number of amides is 3. The molecular formula is C20H26N2O5S. The van der Waals surface area contributed by atoms with E-state index in [1.807, 2.05) is 13.8 Å². The fraction of sp³-hybridized carbons (Fsp3) is 0.450. The molecule has 0 atom stereocenters. The van der Waals surface area contributed by atoms with E-state index in [0.29, 0.717) is 30.2 Å². The molecule has 0 aliphatic carbocycles. The predicted molar refractivity (Wildman–Crippen MR) is 109 cm³/mol. The molecule has 1 heterocycles. The van der Waals surface area contributed by atoms with Gasteiger partial charge >= 0.3 is 0 Å². The zero-order chi connectivity index (χ0) is 20.7. The normalized spacial score (nSPS) is 15.3. The highest BCUT2D eigenvalue weighted by atomic mass is 32.2. The number of methoxy groups -OCH3 is 2. The molecular weight excluding hydrogens is 380 g/mol. The monoisotopic (exact) mass is 406 g/mol. The Bertz CT molecular complexity index is 772. The van der Waals surface area contributed by atoms with Crippen molar-refractivity contribution in [1.82, 2.24) is 9.80 Å². The van der Waals surface area contributed by atoms with Crippen molar-refractivity contribution in [3.05, 3.63) is 28.7 Å². The van der Waals surface area contributed by atoms with Gasteiger partial charge in [-0.15, -0.1) is 0 Å². The van der Waals surface area contributed by atoms with Crippen molar-refractivity contribution >= 4 is 34.9 Å². The van der Waals surface area contributed by atoms with Gasteiger partial charge in [-0.2, -0.15) is 0 Å². The number of imide groups is 1. The zero-order valence-corrected chi connectivity index (χ0v) is 17.5. The average molecular weight is 407 g/mol. The van der Waals surface area contributed by atoms with Crippen molar-refractivity contribution in [1.29, 1.82) is 0 Å². The molecule has 152 valence electrons. The first-order valence-electron chi connectivity index (χ1n) is 9.20. The summed E-state index contributed by atoms with van der Waals surface area (Å²) in [6.45, 7) is 4.96. The summed E-state index contributed by atoms with van der Waals surface area (Å²) in [7, 11) is 3.04. The molecule has 1 saturated heterocycles. The topological polar surface area (TPSA) is 76.2 Å². The van der Waals surface area contributed by atoms with E-state index in [2.05, 4.69) is 0 Å². The van der Waals surface area contributed by atoms with Gasteiger partial charge in [0.05, 0.1) is 19.1 Å². The summed E-state index contributed by atoms with van der Waals surface area (Å²) in [5, 5.41) is -0.445. The minimum Gasteiger partial charge on any atom is -0.493 e. The molecule has 8 heteroatoms. The lowest BCUT2D eigenvalue weighted by atomic mass is 10.1. The maximum absolute atomic E-state index is 12.7. The number of nitrogens with zero attached hydrogens (tertiary/aromatic N) is 2. The standard InChI is InChI=1S/C20H26N2O5S/c1-5-10-21(11-6-2)17(23)13-22-19(24)16(28-20(22)25)12-14-8-7-9-15(26-3)18(14)27-4/h7-9,12H,5-6,10-11,13H2,1-4H3/b16-12-. The number of thioether (sulfide) groups is 1. The smallest absolute Gasteiger partial charge is 0.294 e. The van der Waals surface area contributed by atoms with Crippen molar-refractivity contribution < 1.29 is 23.9 Å². The second kappa shape index (κ2) is 10.2. The van der Waals surface area contributed by atoms with E-state index in [4.69, 9.17) is 9.47 Å². The molecule has 1 aliphatic rings. The van der Waals surface area contributed by atoms with Crippen molar-refractivity contribution in [2.45, 2.75) is 26.7 Å². The van der Waals surface area contributed by atoms with Gasteiger partial charge in [-0.25, -0.2) is 0 Å². The third kappa shape index (κ3) is 4.86. The number of carbonyl (C=O) groups is 3. The van der Waals surface area contributed by atoms with Crippen LogP contribution in [0.2, 0.25) is 0 Å². The minimum atomic E-state index is -0.471. The summed E-state index contributed by atoms with van der Waals surface area (Å²) >= 11 is 0.821. The van der Waals surface area contributed by atoms with Gasteiger partial charge < -0.3 is 14.4 Å². The molecule has 0 radical (unpaired) electrons. The molecule has 0 spiro atoms. The average Bonchev–Trinajstić information content (AvgIpc) is 2.94. The summed E-state index contributed by atoms with van der Waals surface area (Å²) in [6, 6.07) is 5.29. The first-order valence-corrected chi connectivity index (χ1v) is 10.0. The number of para-hydroxylation sites is 1. The minimum absolute atomic E-state index is 0.216. The highest BCUT2D eigenvalue weighted by Gasteiger charge is 2.37. The Hall–Kier alpha value is -2.48. The third-order valence-corrected chi connectivity index (χ3v) is 5.13. The summed E-state index contributed by atoms with van der Waals surface area (Å²) in [6.07, 6.45) is 3.24. The van der Waals surface area contributed by atoms with Crippen LogP contribution in [0.5, 0.6) is 11.5 Å². The SMILES string of the molecule is CCCN(CCC)C(=O)CN1C(=O)S/C(=C\c2cccc(OC)c2OC)C1=O. The highest BCUT2D eigenvalue weighted by molar-refractivity contribution is 8.18.